The van der Waals surface area contributed by atoms with Crippen LogP contribution in [0.1, 0.15) is 41.5 Å². The van der Waals surface area contributed by atoms with Gasteiger partial charge in [0.05, 0.1) is 0 Å². The van der Waals surface area contributed by atoms with Crippen LogP contribution in [0.4, 0.5) is 0 Å². The average molecular weight is 354 g/mol. The lowest BCUT2D eigenvalue weighted by molar-refractivity contribution is -0.115. The van der Waals surface area contributed by atoms with E-state index in [0.29, 0.717) is 6.42 Å². The summed E-state index contributed by atoms with van der Waals surface area (Å²) in [4.78, 5) is 12.6. The quantitative estimate of drug-likeness (QED) is 0.435. The first-order valence-electron chi connectivity index (χ1n) is 9.55. The fourth-order valence-corrected chi connectivity index (χ4v) is 3.53. The van der Waals surface area contributed by atoms with Crippen LogP contribution in [0.15, 0.2) is 85.0 Å². The van der Waals surface area contributed by atoms with Gasteiger partial charge in [0.25, 0.3) is 0 Å². The number of ketones is 1. The second kappa shape index (κ2) is 9.14. The lowest BCUT2D eigenvalue weighted by Gasteiger charge is -2.18. The Labute approximate surface area is 162 Å². The van der Waals surface area contributed by atoms with Crippen LogP contribution in [0.5, 0.6) is 0 Å². The van der Waals surface area contributed by atoms with Crippen molar-refractivity contribution in [3.8, 4) is 0 Å². The summed E-state index contributed by atoms with van der Waals surface area (Å²) in [5.74, 6) is 0.240. The molecule has 2 aromatic carbocycles. The zero-order chi connectivity index (χ0) is 19.1. The minimum Gasteiger partial charge on any atom is -0.294 e. The van der Waals surface area contributed by atoms with Gasteiger partial charge in [0, 0.05) is 12.0 Å². The predicted octanol–water partition coefficient (Wildman–Crippen LogP) is 6.36. The van der Waals surface area contributed by atoms with Crippen LogP contribution in [0, 0.1) is 0 Å². The van der Waals surface area contributed by atoms with Crippen molar-refractivity contribution in [2.45, 2.75) is 32.1 Å². The standard InChI is InChI=1S/C26H26O/c1-3-8-20-10-5-12-22(16-20)18-24-14-7-15-26(27)25(24)19-23-13-6-11-21(17-23)9-4-2/h3-6,10-13,16-19H,1-2,7-9,14-15H2. The maximum Gasteiger partial charge on any atom is 0.163 e. The third-order valence-corrected chi connectivity index (χ3v) is 4.81. The molecule has 1 aliphatic carbocycles. The van der Waals surface area contributed by atoms with Crippen LogP contribution in [0.3, 0.4) is 0 Å². The number of allylic oxidation sites excluding steroid dienone is 4. The second-order valence-electron chi connectivity index (χ2n) is 6.98. The van der Waals surface area contributed by atoms with Gasteiger partial charge in [-0.15, -0.1) is 13.2 Å². The molecule has 27 heavy (non-hydrogen) atoms. The van der Waals surface area contributed by atoms with Gasteiger partial charge in [0.15, 0.2) is 5.78 Å². The first-order valence-corrected chi connectivity index (χ1v) is 9.55. The van der Waals surface area contributed by atoms with E-state index in [2.05, 4.69) is 61.7 Å². The molecule has 0 atom stereocenters. The summed E-state index contributed by atoms with van der Waals surface area (Å²) >= 11 is 0. The van der Waals surface area contributed by atoms with Crippen LogP contribution in [0.25, 0.3) is 12.2 Å². The molecular weight excluding hydrogens is 328 g/mol. The van der Waals surface area contributed by atoms with E-state index < -0.39 is 0 Å². The first kappa shape index (κ1) is 18.8. The fourth-order valence-electron chi connectivity index (χ4n) is 3.53. The summed E-state index contributed by atoms with van der Waals surface area (Å²) in [5.41, 5.74) is 6.66. The summed E-state index contributed by atoms with van der Waals surface area (Å²) in [6.07, 6.45) is 12.2. The fraction of sp³-hybridized carbons (Fsp3) is 0.192. The molecule has 0 saturated heterocycles. The van der Waals surface area contributed by atoms with Crippen molar-refractivity contribution in [3.63, 3.8) is 0 Å². The molecule has 1 aliphatic rings. The Morgan fingerprint density at radius 2 is 1.41 bits per heavy atom. The number of hydrogen-bond donors (Lipinski definition) is 0. The monoisotopic (exact) mass is 354 g/mol. The average Bonchev–Trinajstić information content (AvgIpc) is 2.66. The Balaban J connectivity index is 1.97. The Morgan fingerprint density at radius 3 is 2.00 bits per heavy atom. The maximum atomic E-state index is 12.6. The number of benzene rings is 2. The zero-order valence-corrected chi connectivity index (χ0v) is 15.8. The van der Waals surface area contributed by atoms with E-state index in [0.717, 1.165) is 48.0 Å². The molecule has 3 rings (SSSR count). The van der Waals surface area contributed by atoms with Gasteiger partial charge in [0.1, 0.15) is 0 Å². The van der Waals surface area contributed by atoms with E-state index >= 15 is 0 Å². The lowest BCUT2D eigenvalue weighted by atomic mass is 9.86. The van der Waals surface area contributed by atoms with Gasteiger partial charge in [-0.25, -0.2) is 0 Å². The van der Waals surface area contributed by atoms with Gasteiger partial charge in [-0.05, 0) is 59.6 Å². The molecular formula is C26H26O. The van der Waals surface area contributed by atoms with Crippen molar-refractivity contribution < 1.29 is 4.79 Å². The van der Waals surface area contributed by atoms with E-state index in [1.54, 1.807) is 0 Å². The van der Waals surface area contributed by atoms with E-state index in [-0.39, 0.29) is 5.78 Å². The number of rotatable bonds is 6. The number of carbonyl (C=O) groups is 1. The summed E-state index contributed by atoms with van der Waals surface area (Å²) in [6.45, 7) is 7.62. The molecule has 1 heteroatoms. The molecule has 0 unspecified atom stereocenters. The molecule has 0 radical (unpaired) electrons. The molecule has 2 aromatic rings. The topological polar surface area (TPSA) is 17.1 Å². The Morgan fingerprint density at radius 1 is 0.815 bits per heavy atom. The normalized spacial score (nSPS) is 17.3. The van der Waals surface area contributed by atoms with Gasteiger partial charge in [0.2, 0.25) is 0 Å². The highest BCUT2D eigenvalue weighted by molar-refractivity contribution is 6.05. The summed E-state index contributed by atoms with van der Waals surface area (Å²) in [5, 5.41) is 0. The highest BCUT2D eigenvalue weighted by Crippen LogP contribution is 2.30. The molecule has 1 fully saturated rings. The SMILES string of the molecule is C=CCc1cccc(C=C2CCCC(=O)C2=Cc2cccc(CC=C)c2)c1. The third-order valence-electron chi connectivity index (χ3n) is 4.81. The molecule has 1 saturated carbocycles. The van der Waals surface area contributed by atoms with Crippen molar-refractivity contribution in [1.29, 1.82) is 0 Å². The smallest absolute Gasteiger partial charge is 0.163 e. The molecule has 0 spiro atoms. The van der Waals surface area contributed by atoms with E-state index in [4.69, 9.17) is 0 Å². The summed E-state index contributed by atoms with van der Waals surface area (Å²) in [7, 11) is 0. The van der Waals surface area contributed by atoms with Crippen molar-refractivity contribution in [1.82, 2.24) is 0 Å². The van der Waals surface area contributed by atoms with Crippen LogP contribution in [0.2, 0.25) is 0 Å². The van der Waals surface area contributed by atoms with E-state index in [1.165, 1.54) is 11.1 Å². The van der Waals surface area contributed by atoms with Gasteiger partial charge in [-0.3, -0.25) is 4.79 Å². The number of Topliss-reactive ketones (excluding diaryl/α,β-unsaturated/α-hetero) is 1. The largest absolute Gasteiger partial charge is 0.294 e. The number of hydrogen-bond acceptors (Lipinski definition) is 1. The summed E-state index contributed by atoms with van der Waals surface area (Å²) in [6, 6.07) is 16.8. The van der Waals surface area contributed by atoms with Crippen LogP contribution < -0.4 is 0 Å². The maximum absolute atomic E-state index is 12.6. The van der Waals surface area contributed by atoms with Crippen LogP contribution in [-0.4, -0.2) is 5.78 Å². The van der Waals surface area contributed by atoms with Gasteiger partial charge < -0.3 is 0 Å². The van der Waals surface area contributed by atoms with Gasteiger partial charge >= 0.3 is 0 Å². The Hall–Kier alpha value is -2.93. The second-order valence-corrected chi connectivity index (χ2v) is 6.98. The third kappa shape index (κ3) is 5.04. The lowest BCUT2D eigenvalue weighted by Crippen LogP contribution is -2.11. The minimum absolute atomic E-state index is 0.240. The van der Waals surface area contributed by atoms with Gasteiger partial charge in [-0.1, -0.05) is 66.8 Å². The molecule has 0 N–H and O–H groups in total. The van der Waals surface area contributed by atoms with Crippen molar-refractivity contribution in [3.05, 3.63) is 107 Å². The molecule has 0 bridgehead atoms. The van der Waals surface area contributed by atoms with Crippen molar-refractivity contribution in [2.24, 2.45) is 0 Å². The Bertz CT molecular complexity index is 911. The summed E-state index contributed by atoms with van der Waals surface area (Å²) < 4.78 is 0. The molecule has 136 valence electrons. The highest BCUT2D eigenvalue weighted by atomic mass is 16.1. The molecule has 1 nitrogen and oxygen atoms in total. The van der Waals surface area contributed by atoms with E-state index in [1.807, 2.05) is 24.3 Å². The zero-order valence-electron chi connectivity index (χ0n) is 15.8. The molecule has 0 aromatic heterocycles. The predicted molar refractivity (Wildman–Crippen MR) is 115 cm³/mol. The Kier molecular flexibility index (Phi) is 6.38. The molecule has 0 amide bonds. The highest BCUT2D eigenvalue weighted by Gasteiger charge is 2.20. The number of carbonyl (C=O) groups excluding carboxylic acids is 1. The minimum atomic E-state index is 0.240. The van der Waals surface area contributed by atoms with Crippen molar-refractivity contribution in [2.75, 3.05) is 0 Å². The van der Waals surface area contributed by atoms with Crippen LogP contribution >= 0.6 is 0 Å². The van der Waals surface area contributed by atoms with Crippen LogP contribution in [-0.2, 0) is 17.6 Å². The van der Waals surface area contributed by atoms with Gasteiger partial charge in [-0.2, -0.15) is 0 Å². The molecule has 0 heterocycles. The van der Waals surface area contributed by atoms with Crippen molar-refractivity contribution >= 4 is 17.9 Å². The molecule has 0 aliphatic heterocycles. The van der Waals surface area contributed by atoms with E-state index in [9.17, 15) is 4.79 Å². The first-order chi connectivity index (χ1) is 13.2.